The van der Waals surface area contributed by atoms with Gasteiger partial charge < -0.3 is 0 Å². The maximum absolute atomic E-state index is 6.62. The predicted octanol–water partition coefficient (Wildman–Crippen LogP) is 5.15. The van der Waals surface area contributed by atoms with Crippen LogP contribution in [0.25, 0.3) is 0 Å². The molecule has 1 aliphatic rings. The molecule has 0 bridgehead atoms. The van der Waals surface area contributed by atoms with Gasteiger partial charge in [0.15, 0.2) is 0 Å². The zero-order valence-corrected chi connectivity index (χ0v) is 16.8. The van der Waals surface area contributed by atoms with E-state index in [0.717, 1.165) is 19.3 Å². The number of hydroxylamine groups is 3. The van der Waals surface area contributed by atoms with E-state index < -0.39 is 0 Å². The average Bonchev–Trinajstić information content (AvgIpc) is 2.64. The van der Waals surface area contributed by atoms with Crippen molar-refractivity contribution in [1.29, 1.82) is 0 Å². The molecule has 0 spiro atoms. The van der Waals surface area contributed by atoms with Crippen molar-refractivity contribution in [2.75, 3.05) is 7.11 Å². The lowest BCUT2D eigenvalue weighted by atomic mass is 9.76. The van der Waals surface area contributed by atoms with Crippen molar-refractivity contribution in [3.8, 4) is 0 Å². The molecule has 0 saturated heterocycles. The summed E-state index contributed by atoms with van der Waals surface area (Å²) in [7, 11) is 1.67. The van der Waals surface area contributed by atoms with Crippen LogP contribution >= 0.6 is 0 Å². The maximum atomic E-state index is 6.62. The standard InChI is InChI=1S/C21H34N2O2/c1-8-20(5)15-19(22-24-7)16(3)21(6,9-2)23(20)25-17(4)18-13-11-10-12-14-18/h10-14,17,22H,8-9,15H2,1-7H3. The summed E-state index contributed by atoms with van der Waals surface area (Å²) in [6.45, 7) is 13.3. The van der Waals surface area contributed by atoms with Gasteiger partial charge in [0.1, 0.15) is 6.10 Å². The van der Waals surface area contributed by atoms with Crippen molar-refractivity contribution in [2.24, 2.45) is 0 Å². The molecule has 0 fully saturated rings. The number of rotatable bonds is 7. The van der Waals surface area contributed by atoms with Gasteiger partial charge in [-0.25, -0.2) is 0 Å². The van der Waals surface area contributed by atoms with E-state index in [1.807, 2.05) is 6.07 Å². The van der Waals surface area contributed by atoms with E-state index in [1.54, 1.807) is 7.11 Å². The van der Waals surface area contributed by atoms with Crippen LogP contribution < -0.4 is 5.48 Å². The first-order chi connectivity index (χ1) is 11.8. The van der Waals surface area contributed by atoms with Crippen LogP contribution in [-0.2, 0) is 9.68 Å². The molecule has 1 heterocycles. The first-order valence-electron chi connectivity index (χ1n) is 9.33. The van der Waals surface area contributed by atoms with E-state index in [2.05, 4.69) is 76.4 Å². The molecule has 4 heteroatoms. The van der Waals surface area contributed by atoms with Crippen LogP contribution in [0.5, 0.6) is 0 Å². The molecule has 2 rings (SSSR count). The highest BCUT2D eigenvalue weighted by molar-refractivity contribution is 5.29. The number of benzene rings is 1. The number of nitrogens with zero attached hydrogens (tertiary/aromatic N) is 1. The van der Waals surface area contributed by atoms with Crippen molar-refractivity contribution >= 4 is 0 Å². The highest BCUT2D eigenvalue weighted by atomic mass is 16.7. The van der Waals surface area contributed by atoms with Crippen LogP contribution in [0.4, 0.5) is 0 Å². The Morgan fingerprint density at radius 1 is 1.16 bits per heavy atom. The fourth-order valence-electron chi connectivity index (χ4n) is 3.76. The lowest BCUT2D eigenvalue weighted by Gasteiger charge is -2.55. The number of hydrogen-bond donors (Lipinski definition) is 1. The van der Waals surface area contributed by atoms with Crippen molar-refractivity contribution in [3.63, 3.8) is 0 Å². The number of nitrogens with one attached hydrogen (secondary N) is 1. The Morgan fingerprint density at radius 3 is 2.32 bits per heavy atom. The third kappa shape index (κ3) is 3.76. The second kappa shape index (κ2) is 7.90. The first-order valence-corrected chi connectivity index (χ1v) is 9.33. The van der Waals surface area contributed by atoms with E-state index in [9.17, 15) is 0 Å². The minimum absolute atomic E-state index is 0.00249. The molecule has 0 aromatic heterocycles. The zero-order chi connectivity index (χ0) is 18.7. The molecule has 3 unspecified atom stereocenters. The summed E-state index contributed by atoms with van der Waals surface area (Å²) in [5, 5.41) is 2.26. The third-order valence-electron chi connectivity index (χ3n) is 5.96. The summed E-state index contributed by atoms with van der Waals surface area (Å²) < 4.78 is 0. The van der Waals surface area contributed by atoms with Gasteiger partial charge in [0, 0.05) is 17.7 Å². The molecule has 0 amide bonds. The van der Waals surface area contributed by atoms with Gasteiger partial charge in [-0.1, -0.05) is 44.2 Å². The van der Waals surface area contributed by atoms with E-state index in [0.29, 0.717) is 0 Å². The largest absolute Gasteiger partial charge is 0.290 e. The summed E-state index contributed by atoms with van der Waals surface area (Å²) >= 11 is 0. The minimum atomic E-state index is -0.188. The Hall–Kier alpha value is -1.36. The molecule has 4 nitrogen and oxygen atoms in total. The summed E-state index contributed by atoms with van der Waals surface area (Å²) in [4.78, 5) is 11.9. The van der Waals surface area contributed by atoms with Crippen molar-refractivity contribution < 1.29 is 9.68 Å². The Balaban J connectivity index is 2.41. The zero-order valence-electron chi connectivity index (χ0n) is 16.8. The Labute approximate surface area is 153 Å². The lowest BCUT2D eigenvalue weighted by Crippen LogP contribution is -2.62. The van der Waals surface area contributed by atoms with Gasteiger partial charge in [-0.15, -0.1) is 0 Å². The van der Waals surface area contributed by atoms with Gasteiger partial charge in [0.2, 0.25) is 0 Å². The molecule has 0 aliphatic carbocycles. The average molecular weight is 347 g/mol. The van der Waals surface area contributed by atoms with Gasteiger partial charge in [-0.2, -0.15) is 5.06 Å². The van der Waals surface area contributed by atoms with E-state index in [-0.39, 0.29) is 17.2 Å². The molecule has 3 atom stereocenters. The van der Waals surface area contributed by atoms with Crippen molar-refractivity contribution in [1.82, 2.24) is 10.5 Å². The second-order valence-corrected chi connectivity index (χ2v) is 7.52. The topological polar surface area (TPSA) is 33.7 Å². The quantitative estimate of drug-likeness (QED) is 0.693. The Morgan fingerprint density at radius 2 is 1.80 bits per heavy atom. The smallest absolute Gasteiger partial charge is 0.102 e. The Bertz CT molecular complexity index is 601. The summed E-state index contributed by atoms with van der Waals surface area (Å²) in [5.41, 5.74) is 6.47. The molecule has 0 saturated carbocycles. The Kier molecular flexibility index (Phi) is 6.30. The second-order valence-electron chi connectivity index (χ2n) is 7.52. The highest BCUT2D eigenvalue weighted by Crippen LogP contribution is 2.46. The molecular weight excluding hydrogens is 312 g/mol. The summed E-state index contributed by atoms with van der Waals surface area (Å²) in [6, 6.07) is 10.4. The molecule has 25 heavy (non-hydrogen) atoms. The summed E-state index contributed by atoms with van der Waals surface area (Å²) in [6.07, 6.45) is 2.83. The van der Waals surface area contributed by atoms with Gasteiger partial charge in [0.25, 0.3) is 0 Å². The van der Waals surface area contributed by atoms with Gasteiger partial charge in [-0.05, 0) is 51.7 Å². The molecule has 140 valence electrons. The molecule has 1 aliphatic heterocycles. The summed E-state index contributed by atoms with van der Waals surface area (Å²) in [5.74, 6) is 0. The van der Waals surface area contributed by atoms with Gasteiger partial charge >= 0.3 is 0 Å². The maximum Gasteiger partial charge on any atom is 0.102 e. The number of hydrogen-bond acceptors (Lipinski definition) is 4. The highest BCUT2D eigenvalue weighted by Gasteiger charge is 2.49. The van der Waals surface area contributed by atoms with Crippen LogP contribution in [0.3, 0.4) is 0 Å². The normalized spacial score (nSPS) is 28.9. The molecular formula is C21H34N2O2. The van der Waals surface area contributed by atoms with Gasteiger partial charge in [-0.3, -0.25) is 15.2 Å². The molecule has 1 aromatic rings. The van der Waals surface area contributed by atoms with Crippen LogP contribution in [0.15, 0.2) is 41.6 Å². The first kappa shape index (κ1) is 20.0. The van der Waals surface area contributed by atoms with Crippen LogP contribution in [0, 0.1) is 0 Å². The minimum Gasteiger partial charge on any atom is -0.290 e. The molecule has 1 N–H and O–H groups in total. The van der Waals surface area contributed by atoms with E-state index in [1.165, 1.54) is 16.8 Å². The molecule has 1 aromatic carbocycles. The SMILES string of the molecule is CCC1(C)CC(NOC)=C(C)C(C)(CC)N1OC(C)c1ccccc1. The van der Waals surface area contributed by atoms with Crippen molar-refractivity contribution in [3.05, 3.63) is 47.2 Å². The van der Waals surface area contributed by atoms with Crippen LogP contribution in [0.1, 0.15) is 72.5 Å². The molecule has 0 radical (unpaired) electrons. The predicted molar refractivity (Wildman–Crippen MR) is 103 cm³/mol. The third-order valence-corrected chi connectivity index (χ3v) is 5.96. The monoisotopic (exact) mass is 346 g/mol. The van der Waals surface area contributed by atoms with Gasteiger partial charge in [0.05, 0.1) is 12.6 Å². The van der Waals surface area contributed by atoms with E-state index in [4.69, 9.17) is 9.68 Å². The fourth-order valence-corrected chi connectivity index (χ4v) is 3.76. The van der Waals surface area contributed by atoms with Crippen molar-refractivity contribution in [2.45, 2.75) is 78.0 Å². The van der Waals surface area contributed by atoms with Crippen LogP contribution in [-0.4, -0.2) is 23.3 Å². The van der Waals surface area contributed by atoms with Crippen LogP contribution in [0.2, 0.25) is 0 Å². The lowest BCUT2D eigenvalue weighted by molar-refractivity contribution is -0.296. The van der Waals surface area contributed by atoms with E-state index >= 15 is 0 Å². The fraction of sp³-hybridized carbons (Fsp3) is 0.619.